The third-order valence-corrected chi connectivity index (χ3v) is 4.04. The monoisotopic (exact) mass is 354 g/mol. The second kappa shape index (κ2) is 7.19. The number of nitrogens with one attached hydrogen (secondary N) is 1. The molecule has 2 aromatic rings. The molecule has 0 fully saturated rings. The van der Waals surface area contributed by atoms with E-state index in [4.69, 9.17) is 25.6 Å². The molecule has 6 nitrogen and oxygen atoms in total. The normalized spacial score (nSPS) is 13.3. The van der Waals surface area contributed by atoms with Gasteiger partial charge in [-0.25, -0.2) is 4.39 Å². The number of carbonyl (C=O) groups excluding carboxylic acids is 1. The van der Waals surface area contributed by atoms with E-state index < -0.39 is 0 Å². The Kier molecular flexibility index (Phi) is 5.01. The Labute approximate surface area is 142 Å². The van der Waals surface area contributed by atoms with Crippen LogP contribution in [0.5, 0.6) is 5.75 Å². The van der Waals surface area contributed by atoms with Gasteiger partial charge < -0.3 is 19.3 Å². The van der Waals surface area contributed by atoms with Crippen molar-refractivity contribution in [3.05, 3.63) is 45.6 Å². The van der Waals surface area contributed by atoms with Gasteiger partial charge >= 0.3 is 0 Å². The maximum Gasteiger partial charge on any atom is 0.229 e. The molecule has 1 aromatic carbocycles. The van der Waals surface area contributed by atoms with Gasteiger partial charge in [0, 0.05) is 17.7 Å². The summed E-state index contributed by atoms with van der Waals surface area (Å²) in [4.78, 5) is 12.0. The summed E-state index contributed by atoms with van der Waals surface area (Å²) in [5, 5.41) is 6.59. The zero-order chi connectivity index (χ0) is 17.1. The van der Waals surface area contributed by atoms with Crippen LogP contribution in [-0.2, 0) is 29.0 Å². The first-order valence-corrected chi connectivity index (χ1v) is 7.81. The van der Waals surface area contributed by atoms with E-state index in [1.54, 1.807) is 6.92 Å². The van der Waals surface area contributed by atoms with Gasteiger partial charge in [0.15, 0.2) is 6.79 Å². The lowest BCUT2D eigenvalue weighted by atomic mass is 10.1. The molecule has 0 unspecified atom stereocenters. The summed E-state index contributed by atoms with van der Waals surface area (Å²) in [6.45, 7) is 2.53. The molecule has 0 spiro atoms. The number of aromatic nitrogens is 1. The van der Waals surface area contributed by atoms with Gasteiger partial charge in [-0.05, 0) is 42.6 Å². The highest BCUT2D eigenvalue weighted by atomic mass is 35.5. The Hall–Kier alpha value is -2.12. The van der Waals surface area contributed by atoms with Crippen LogP contribution >= 0.6 is 11.6 Å². The van der Waals surface area contributed by atoms with Crippen LogP contribution in [0, 0.1) is 12.7 Å². The Morgan fingerprint density at radius 1 is 1.46 bits per heavy atom. The number of aryl methyl sites for hydroxylation is 1. The zero-order valence-electron chi connectivity index (χ0n) is 13.0. The fraction of sp³-hybridized carbons (Fsp3) is 0.375. The average Bonchev–Trinajstić information content (AvgIpc) is 2.86. The molecule has 1 aliphatic heterocycles. The summed E-state index contributed by atoms with van der Waals surface area (Å²) in [5.74, 6) is 0.0728. The summed E-state index contributed by atoms with van der Waals surface area (Å²) in [5.41, 5.74) is 2.53. The largest absolute Gasteiger partial charge is 0.467 e. The number of halogens is 2. The lowest BCUT2D eigenvalue weighted by Gasteiger charge is -2.21. The molecule has 1 N–H and O–H groups in total. The van der Waals surface area contributed by atoms with Crippen LogP contribution in [0.1, 0.15) is 22.4 Å². The van der Waals surface area contributed by atoms with Gasteiger partial charge in [0.05, 0.1) is 18.7 Å². The predicted octanol–water partition coefficient (Wildman–Crippen LogP) is 2.54. The second-order valence-electron chi connectivity index (χ2n) is 5.46. The van der Waals surface area contributed by atoms with Crippen molar-refractivity contribution in [2.24, 2.45) is 0 Å². The average molecular weight is 355 g/mol. The van der Waals surface area contributed by atoms with Crippen molar-refractivity contribution in [1.82, 2.24) is 10.5 Å². The molecule has 128 valence electrons. The van der Waals surface area contributed by atoms with Crippen LogP contribution in [0.25, 0.3) is 0 Å². The molecule has 0 saturated heterocycles. The topological polar surface area (TPSA) is 73.6 Å². The van der Waals surface area contributed by atoms with E-state index in [0.717, 1.165) is 0 Å². The lowest BCUT2D eigenvalue weighted by Crippen LogP contribution is -2.27. The first kappa shape index (κ1) is 16.7. The highest BCUT2D eigenvalue weighted by Crippen LogP contribution is 2.29. The van der Waals surface area contributed by atoms with Gasteiger partial charge in [0.1, 0.15) is 11.6 Å². The van der Waals surface area contributed by atoms with Gasteiger partial charge in [-0.1, -0.05) is 5.16 Å². The van der Waals surface area contributed by atoms with Crippen molar-refractivity contribution in [2.45, 2.75) is 26.4 Å². The quantitative estimate of drug-likeness (QED) is 0.893. The molecule has 0 radical (unpaired) electrons. The lowest BCUT2D eigenvalue weighted by molar-refractivity contribution is -0.120. The van der Waals surface area contributed by atoms with Crippen molar-refractivity contribution in [2.75, 3.05) is 13.3 Å². The van der Waals surface area contributed by atoms with Crippen molar-refractivity contribution in [3.8, 4) is 5.75 Å². The highest BCUT2D eigenvalue weighted by molar-refractivity contribution is 6.29. The Morgan fingerprint density at radius 2 is 2.29 bits per heavy atom. The summed E-state index contributed by atoms with van der Waals surface area (Å²) in [6.07, 6.45) is 0.530. The number of hydrogen-bond donors (Lipinski definition) is 1. The van der Waals surface area contributed by atoms with Gasteiger partial charge in [0.25, 0.3) is 0 Å². The van der Waals surface area contributed by atoms with Crippen LogP contribution in [0.15, 0.2) is 16.7 Å². The van der Waals surface area contributed by atoms with E-state index in [1.165, 1.54) is 12.1 Å². The molecule has 3 rings (SSSR count). The van der Waals surface area contributed by atoms with Gasteiger partial charge in [0.2, 0.25) is 11.1 Å². The molecule has 0 bridgehead atoms. The number of fused-ring (bicyclic) bond motifs is 1. The molecule has 1 aromatic heterocycles. The van der Waals surface area contributed by atoms with E-state index in [-0.39, 0.29) is 30.2 Å². The van der Waals surface area contributed by atoms with Crippen molar-refractivity contribution in [3.63, 3.8) is 0 Å². The molecule has 8 heteroatoms. The van der Waals surface area contributed by atoms with Crippen LogP contribution in [0.3, 0.4) is 0 Å². The molecule has 2 heterocycles. The first-order valence-electron chi connectivity index (χ1n) is 7.44. The van der Waals surface area contributed by atoms with Crippen LogP contribution in [-0.4, -0.2) is 24.4 Å². The van der Waals surface area contributed by atoms with E-state index in [2.05, 4.69) is 10.5 Å². The fourth-order valence-electron chi connectivity index (χ4n) is 2.56. The third kappa shape index (κ3) is 3.68. The maximum absolute atomic E-state index is 13.7. The Morgan fingerprint density at radius 3 is 3.04 bits per heavy atom. The van der Waals surface area contributed by atoms with Gasteiger partial charge in [-0.3, -0.25) is 4.79 Å². The molecular weight excluding hydrogens is 339 g/mol. The standard InChI is InChI=1S/C16H16ClFN2O4/c1-9-13(16(17)24-20-9)6-14(21)19-3-2-10-4-12(18)5-11-7-22-8-23-15(10)11/h4-5H,2-3,6-8H2,1H3,(H,19,21). The molecule has 24 heavy (non-hydrogen) atoms. The molecular formula is C16H16ClFN2O4. The summed E-state index contributed by atoms with van der Waals surface area (Å²) >= 11 is 5.84. The SMILES string of the molecule is Cc1noc(Cl)c1CC(=O)NCCc1cc(F)cc2c1OCOC2. The van der Waals surface area contributed by atoms with Crippen LogP contribution in [0.4, 0.5) is 4.39 Å². The fourth-order valence-corrected chi connectivity index (χ4v) is 2.80. The van der Waals surface area contributed by atoms with Crippen LogP contribution < -0.4 is 10.1 Å². The van der Waals surface area contributed by atoms with Crippen LogP contribution in [0.2, 0.25) is 5.22 Å². The Bertz CT molecular complexity index is 743. The first-order chi connectivity index (χ1) is 11.5. The second-order valence-corrected chi connectivity index (χ2v) is 5.80. The van der Waals surface area contributed by atoms with E-state index in [1.807, 2.05) is 0 Å². The molecule has 0 saturated carbocycles. The minimum absolute atomic E-state index is 0.0831. The molecule has 1 aliphatic rings. The molecule has 0 aliphatic carbocycles. The number of ether oxygens (including phenoxy) is 2. The van der Waals surface area contributed by atoms with Crippen molar-refractivity contribution in [1.29, 1.82) is 0 Å². The Balaban J connectivity index is 1.59. The number of benzene rings is 1. The minimum Gasteiger partial charge on any atom is -0.467 e. The number of rotatable bonds is 5. The number of hydrogen-bond acceptors (Lipinski definition) is 5. The summed E-state index contributed by atoms with van der Waals surface area (Å²) < 4.78 is 29.1. The smallest absolute Gasteiger partial charge is 0.229 e. The predicted molar refractivity (Wildman–Crippen MR) is 83.4 cm³/mol. The number of nitrogens with zero attached hydrogens (tertiary/aromatic N) is 1. The minimum atomic E-state index is -0.351. The summed E-state index contributed by atoms with van der Waals surface area (Å²) in [6, 6.07) is 2.81. The highest BCUT2D eigenvalue weighted by Gasteiger charge is 2.18. The number of carbonyl (C=O) groups is 1. The molecule has 0 atom stereocenters. The third-order valence-electron chi connectivity index (χ3n) is 3.74. The van der Waals surface area contributed by atoms with Crippen molar-refractivity contribution < 1.29 is 23.2 Å². The van der Waals surface area contributed by atoms with E-state index in [0.29, 0.717) is 47.7 Å². The van der Waals surface area contributed by atoms with Gasteiger partial charge in [-0.2, -0.15) is 0 Å². The van der Waals surface area contributed by atoms with E-state index in [9.17, 15) is 9.18 Å². The molecule has 1 amide bonds. The maximum atomic E-state index is 13.7. The van der Waals surface area contributed by atoms with Crippen molar-refractivity contribution >= 4 is 17.5 Å². The zero-order valence-corrected chi connectivity index (χ0v) is 13.8. The summed E-state index contributed by atoms with van der Waals surface area (Å²) in [7, 11) is 0. The van der Waals surface area contributed by atoms with E-state index >= 15 is 0 Å². The van der Waals surface area contributed by atoms with Gasteiger partial charge in [-0.15, -0.1) is 0 Å². The number of amides is 1.